The van der Waals surface area contributed by atoms with E-state index in [2.05, 4.69) is 16.7 Å². The van der Waals surface area contributed by atoms with Crippen LogP contribution in [0.25, 0.3) is 0 Å². The fourth-order valence-electron chi connectivity index (χ4n) is 4.02. The first-order chi connectivity index (χ1) is 11.8. The molecule has 1 aromatic rings. The van der Waals surface area contributed by atoms with Gasteiger partial charge < -0.3 is 9.64 Å². The van der Waals surface area contributed by atoms with Crippen molar-refractivity contribution < 1.29 is 9.53 Å². The summed E-state index contributed by atoms with van der Waals surface area (Å²) in [5.74, 6) is 3.72. The Labute approximate surface area is 148 Å². The number of hydrogen-bond acceptors (Lipinski definition) is 4. The average Bonchev–Trinajstić information content (AvgIpc) is 2.68. The van der Waals surface area contributed by atoms with Crippen molar-refractivity contribution in [1.82, 2.24) is 9.80 Å². The van der Waals surface area contributed by atoms with Crippen LogP contribution in [0.3, 0.4) is 0 Å². The number of fused-ring (bicyclic) bond motifs is 1. The van der Waals surface area contributed by atoms with Gasteiger partial charge >= 0.3 is 0 Å². The Kier molecular flexibility index (Phi) is 4.99. The van der Waals surface area contributed by atoms with E-state index in [9.17, 15) is 4.79 Å². The summed E-state index contributed by atoms with van der Waals surface area (Å²) in [4.78, 5) is 17.5. The maximum atomic E-state index is 12.8. The van der Waals surface area contributed by atoms with Crippen LogP contribution in [0.4, 0.5) is 0 Å². The number of rotatable bonds is 2. The van der Waals surface area contributed by atoms with Crippen molar-refractivity contribution in [3.63, 3.8) is 0 Å². The van der Waals surface area contributed by atoms with Gasteiger partial charge in [0.25, 0.3) is 5.91 Å². The SMILES string of the molecule is O=C(c1ccc2c(c1)CCCO2)N1CCN(C2CCSCC2)CC1. The van der Waals surface area contributed by atoms with Gasteiger partial charge in [0.1, 0.15) is 5.75 Å². The molecule has 4 rings (SSSR count). The number of amides is 1. The Balaban J connectivity index is 1.37. The monoisotopic (exact) mass is 346 g/mol. The number of aryl methyl sites for hydroxylation is 1. The van der Waals surface area contributed by atoms with Gasteiger partial charge in [-0.05, 0) is 61.0 Å². The van der Waals surface area contributed by atoms with Crippen molar-refractivity contribution >= 4 is 17.7 Å². The molecule has 3 aliphatic heterocycles. The second-order valence-corrected chi connectivity index (χ2v) is 8.17. The molecule has 0 aromatic heterocycles. The van der Waals surface area contributed by atoms with Crippen molar-refractivity contribution in [3.8, 4) is 5.75 Å². The molecule has 5 heteroatoms. The van der Waals surface area contributed by atoms with Crippen LogP contribution in [0, 0.1) is 0 Å². The molecule has 130 valence electrons. The molecule has 0 unspecified atom stereocenters. The lowest BCUT2D eigenvalue weighted by Crippen LogP contribution is -2.52. The third-order valence-corrected chi connectivity index (χ3v) is 6.51. The predicted molar refractivity (Wildman–Crippen MR) is 98.1 cm³/mol. The third kappa shape index (κ3) is 3.42. The van der Waals surface area contributed by atoms with Gasteiger partial charge in [-0.1, -0.05) is 0 Å². The second-order valence-electron chi connectivity index (χ2n) is 6.95. The summed E-state index contributed by atoms with van der Waals surface area (Å²) in [5, 5.41) is 0. The summed E-state index contributed by atoms with van der Waals surface area (Å²) in [6, 6.07) is 6.68. The standard InChI is InChI=1S/C19H26N2O2S/c22-19(16-3-4-18-15(14-16)2-1-11-23-18)21-9-7-20(8-10-21)17-5-12-24-13-6-17/h3-4,14,17H,1-2,5-13H2. The lowest BCUT2D eigenvalue weighted by Gasteiger charge is -2.40. The second kappa shape index (κ2) is 7.36. The minimum atomic E-state index is 0.183. The van der Waals surface area contributed by atoms with E-state index in [1.165, 1.54) is 29.9 Å². The first-order valence-corrected chi connectivity index (χ1v) is 10.3. The van der Waals surface area contributed by atoms with Gasteiger partial charge in [-0.15, -0.1) is 0 Å². The van der Waals surface area contributed by atoms with Gasteiger partial charge in [0.15, 0.2) is 0 Å². The maximum Gasteiger partial charge on any atom is 0.253 e. The molecule has 24 heavy (non-hydrogen) atoms. The molecule has 0 bridgehead atoms. The molecule has 0 N–H and O–H groups in total. The molecule has 0 radical (unpaired) electrons. The quantitative estimate of drug-likeness (QED) is 0.824. The van der Waals surface area contributed by atoms with Gasteiger partial charge in [0, 0.05) is 37.8 Å². The summed E-state index contributed by atoms with van der Waals surface area (Å²) in [7, 11) is 0. The van der Waals surface area contributed by atoms with Crippen molar-refractivity contribution in [3.05, 3.63) is 29.3 Å². The predicted octanol–water partition coefficient (Wildman–Crippen LogP) is 2.67. The van der Waals surface area contributed by atoms with E-state index in [-0.39, 0.29) is 5.91 Å². The van der Waals surface area contributed by atoms with Crippen LogP contribution < -0.4 is 4.74 Å². The molecule has 3 aliphatic rings. The molecule has 0 saturated carbocycles. The van der Waals surface area contributed by atoms with Crippen molar-refractivity contribution in [2.75, 3.05) is 44.3 Å². The molecule has 2 fully saturated rings. The zero-order valence-electron chi connectivity index (χ0n) is 14.2. The van der Waals surface area contributed by atoms with E-state index in [0.717, 1.165) is 63.0 Å². The van der Waals surface area contributed by atoms with Crippen LogP contribution in [-0.4, -0.2) is 66.0 Å². The Morgan fingerprint density at radius 3 is 2.71 bits per heavy atom. The Morgan fingerprint density at radius 1 is 1.12 bits per heavy atom. The zero-order valence-corrected chi connectivity index (χ0v) is 15.0. The molecular weight excluding hydrogens is 320 g/mol. The summed E-state index contributed by atoms with van der Waals surface area (Å²) in [6.07, 6.45) is 4.68. The van der Waals surface area contributed by atoms with Crippen LogP contribution in [-0.2, 0) is 6.42 Å². The lowest BCUT2D eigenvalue weighted by atomic mass is 10.0. The van der Waals surface area contributed by atoms with E-state index >= 15 is 0 Å². The Bertz CT molecular complexity index is 593. The van der Waals surface area contributed by atoms with E-state index < -0.39 is 0 Å². The number of carbonyl (C=O) groups excluding carboxylic acids is 1. The highest BCUT2D eigenvalue weighted by molar-refractivity contribution is 7.99. The maximum absolute atomic E-state index is 12.8. The lowest BCUT2D eigenvalue weighted by molar-refractivity contribution is 0.0559. The van der Waals surface area contributed by atoms with Crippen molar-refractivity contribution in [2.45, 2.75) is 31.7 Å². The number of thioether (sulfide) groups is 1. The molecule has 0 aliphatic carbocycles. The molecule has 0 atom stereocenters. The highest BCUT2D eigenvalue weighted by atomic mass is 32.2. The van der Waals surface area contributed by atoms with Gasteiger partial charge in [0.05, 0.1) is 6.61 Å². The normalized spacial score (nSPS) is 22.8. The minimum Gasteiger partial charge on any atom is -0.493 e. The Hall–Kier alpha value is -1.20. The largest absolute Gasteiger partial charge is 0.493 e. The summed E-state index contributed by atoms with van der Waals surface area (Å²) in [6.45, 7) is 4.55. The number of benzene rings is 1. The molecule has 4 nitrogen and oxygen atoms in total. The smallest absolute Gasteiger partial charge is 0.253 e. The molecular formula is C19H26N2O2S. The molecule has 0 spiro atoms. The van der Waals surface area contributed by atoms with Crippen LogP contribution in [0.5, 0.6) is 5.75 Å². The highest BCUT2D eigenvalue weighted by Crippen LogP contribution is 2.27. The molecule has 2 saturated heterocycles. The highest BCUT2D eigenvalue weighted by Gasteiger charge is 2.28. The van der Waals surface area contributed by atoms with Gasteiger partial charge in [-0.3, -0.25) is 9.69 Å². The van der Waals surface area contributed by atoms with Crippen LogP contribution in [0.2, 0.25) is 0 Å². The van der Waals surface area contributed by atoms with E-state index in [1.54, 1.807) is 0 Å². The summed E-state index contributed by atoms with van der Waals surface area (Å²) >= 11 is 2.08. The van der Waals surface area contributed by atoms with Crippen LogP contribution in [0.15, 0.2) is 18.2 Å². The van der Waals surface area contributed by atoms with Crippen LogP contribution in [0.1, 0.15) is 35.2 Å². The van der Waals surface area contributed by atoms with E-state index in [0.29, 0.717) is 0 Å². The molecule has 1 aromatic carbocycles. The number of carbonyl (C=O) groups is 1. The summed E-state index contributed by atoms with van der Waals surface area (Å²) < 4.78 is 5.65. The first kappa shape index (κ1) is 16.3. The first-order valence-electron chi connectivity index (χ1n) is 9.18. The third-order valence-electron chi connectivity index (χ3n) is 5.46. The topological polar surface area (TPSA) is 32.8 Å². The number of piperazine rings is 1. The fourth-order valence-corrected chi connectivity index (χ4v) is 5.10. The average molecular weight is 346 g/mol. The number of ether oxygens (including phenoxy) is 1. The van der Waals surface area contributed by atoms with Crippen LogP contribution >= 0.6 is 11.8 Å². The van der Waals surface area contributed by atoms with Gasteiger partial charge in [0.2, 0.25) is 0 Å². The molecule has 3 heterocycles. The number of nitrogens with zero attached hydrogens (tertiary/aromatic N) is 2. The fraction of sp³-hybridized carbons (Fsp3) is 0.632. The minimum absolute atomic E-state index is 0.183. The van der Waals surface area contributed by atoms with Gasteiger partial charge in [-0.25, -0.2) is 0 Å². The molecule has 1 amide bonds. The van der Waals surface area contributed by atoms with E-state index in [4.69, 9.17) is 4.74 Å². The zero-order chi connectivity index (χ0) is 16.4. The van der Waals surface area contributed by atoms with Crippen molar-refractivity contribution in [1.29, 1.82) is 0 Å². The number of hydrogen-bond donors (Lipinski definition) is 0. The van der Waals surface area contributed by atoms with Gasteiger partial charge in [-0.2, -0.15) is 11.8 Å². The Morgan fingerprint density at radius 2 is 1.92 bits per heavy atom. The summed E-state index contributed by atoms with van der Waals surface area (Å²) in [5.41, 5.74) is 2.01. The van der Waals surface area contributed by atoms with Crippen molar-refractivity contribution in [2.24, 2.45) is 0 Å². The van der Waals surface area contributed by atoms with E-state index in [1.807, 2.05) is 23.1 Å².